The number of rotatable bonds is 3. The molecule has 0 bridgehead atoms. The van der Waals surface area contributed by atoms with E-state index in [1.54, 1.807) is 6.20 Å². The van der Waals surface area contributed by atoms with E-state index in [2.05, 4.69) is 27.6 Å². The molecular weight excluding hydrogens is 327 g/mol. The van der Waals surface area contributed by atoms with Crippen molar-refractivity contribution in [3.8, 4) is 11.6 Å². The summed E-state index contributed by atoms with van der Waals surface area (Å²) in [5.41, 5.74) is 6.83. The molecule has 1 heterocycles. The first-order chi connectivity index (χ1) is 8.15. The number of hydrogen-bond acceptors (Lipinski definition) is 3. The summed E-state index contributed by atoms with van der Waals surface area (Å²) in [7, 11) is 0. The molecule has 0 spiro atoms. The maximum absolute atomic E-state index is 5.81. The van der Waals surface area contributed by atoms with Gasteiger partial charge in [-0.2, -0.15) is 0 Å². The fourth-order valence-corrected chi connectivity index (χ4v) is 1.75. The largest absolute Gasteiger partial charge is 0.439 e. The van der Waals surface area contributed by atoms with E-state index in [9.17, 15) is 0 Å². The van der Waals surface area contributed by atoms with Crippen LogP contribution in [0.2, 0.25) is 0 Å². The Morgan fingerprint density at radius 1 is 1.24 bits per heavy atom. The van der Waals surface area contributed by atoms with Crippen molar-refractivity contribution >= 4 is 22.6 Å². The standard InChI is InChI=1S/C13H13IN2O/c1-9(15)10-6-7-16-13(8-10)17-12-4-2-11(14)3-5-12/h2-9H,15H2,1H3. The lowest BCUT2D eigenvalue weighted by Gasteiger charge is -2.08. The van der Waals surface area contributed by atoms with Crippen LogP contribution in [-0.2, 0) is 0 Å². The normalized spacial score (nSPS) is 12.2. The molecule has 1 aromatic heterocycles. The van der Waals surface area contributed by atoms with Gasteiger partial charge in [0.05, 0.1) is 0 Å². The van der Waals surface area contributed by atoms with Crippen molar-refractivity contribution in [2.24, 2.45) is 5.73 Å². The second kappa shape index (κ2) is 5.46. The number of benzene rings is 1. The van der Waals surface area contributed by atoms with E-state index in [1.165, 1.54) is 3.57 Å². The Balaban J connectivity index is 2.18. The highest BCUT2D eigenvalue weighted by Crippen LogP contribution is 2.22. The molecule has 17 heavy (non-hydrogen) atoms. The molecule has 2 rings (SSSR count). The zero-order valence-electron chi connectivity index (χ0n) is 9.43. The number of nitrogens with zero attached hydrogens (tertiary/aromatic N) is 1. The Kier molecular flexibility index (Phi) is 3.96. The minimum absolute atomic E-state index is 0.0166. The number of hydrogen-bond donors (Lipinski definition) is 1. The monoisotopic (exact) mass is 340 g/mol. The third-order valence-corrected chi connectivity index (χ3v) is 3.04. The SMILES string of the molecule is CC(N)c1ccnc(Oc2ccc(I)cc2)c1. The zero-order chi connectivity index (χ0) is 12.3. The molecule has 1 atom stereocenters. The number of halogens is 1. The minimum Gasteiger partial charge on any atom is -0.439 e. The van der Waals surface area contributed by atoms with Crippen LogP contribution in [0.25, 0.3) is 0 Å². The van der Waals surface area contributed by atoms with Crippen molar-refractivity contribution in [3.05, 3.63) is 51.7 Å². The Morgan fingerprint density at radius 2 is 1.94 bits per heavy atom. The smallest absolute Gasteiger partial charge is 0.219 e. The average Bonchev–Trinajstić information content (AvgIpc) is 2.32. The summed E-state index contributed by atoms with van der Waals surface area (Å²) in [4.78, 5) is 4.16. The molecule has 1 unspecified atom stereocenters. The van der Waals surface area contributed by atoms with Gasteiger partial charge in [-0.1, -0.05) is 0 Å². The van der Waals surface area contributed by atoms with Crippen LogP contribution in [0.4, 0.5) is 0 Å². The quantitative estimate of drug-likeness (QED) is 0.870. The van der Waals surface area contributed by atoms with Gasteiger partial charge in [-0.15, -0.1) is 0 Å². The van der Waals surface area contributed by atoms with Gasteiger partial charge in [0.25, 0.3) is 0 Å². The van der Waals surface area contributed by atoms with Crippen LogP contribution in [0.15, 0.2) is 42.6 Å². The molecule has 3 nitrogen and oxygen atoms in total. The number of aromatic nitrogens is 1. The predicted molar refractivity (Wildman–Crippen MR) is 76.1 cm³/mol. The van der Waals surface area contributed by atoms with E-state index >= 15 is 0 Å². The molecule has 0 amide bonds. The van der Waals surface area contributed by atoms with Crippen molar-refractivity contribution in [3.63, 3.8) is 0 Å². The average molecular weight is 340 g/mol. The first-order valence-corrected chi connectivity index (χ1v) is 6.38. The predicted octanol–water partition coefficient (Wildman–Crippen LogP) is 3.50. The maximum atomic E-state index is 5.81. The number of ether oxygens (including phenoxy) is 1. The van der Waals surface area contributed by atoms with Gasteiger partial charge in [-0.25, -0.2) is 4.98 Å². The maximum Gasteiger partial charge on any atom is 0.219 e. The highest BCUT2D eigenvalue weighted by molar-refractivity contribution is 14.1. The molecular formula is C13H13IN2O. The molecule has 2 aromatic rings. The van der Waals surface area contributed by atoms with E-state index in [1.807, 2.05) is 43.3 Å². The molecule has 0 fully saturated rings. The van der Waals surface area contributed by atoms with E-state index in [0.29, 0.717) is 5.88 Å². The van der Waals surface area contributed by atoms with Crippen molar-refractivity contribution in [1.29, 1.82) is 0 Å². The lowest BCUT2D eigenvalue weighted by Crippen LogP contribution is -2.05. The fraction of sp³-hybridized carbons (Fsp3) is 0.154. The topological polar surface area (TPSA) is 48.1 Å². The van der Waals surface area contributed by atoms with E-state index in [-0.39, 0.29) is 6.04 Å². The first-order valence-electron chi connectivity index (χ1n) is 5.30. The molecule has 88 valence electrons. The summed E-state index contributed by atoms with van der Waals surface area (Å²) < 4.78 is 6.83. The summed E-state index contributed by atoms with van der Waals surface area (Å²) in [5, 5.41) is 0. The molecule has 0 saturated heterocycles. The Hall–Kier alpha value is -1.14. The van der Waals surface area contributed by atoms with Crippen LogP contribution in [0.5, 0.6) is 11.6 Å². The van der Waals surface area contributed by atoms with Crippen LogP contribution in [0.1, 0.15) is 18.5 Å². The molecule has 0 radical (unpaired) electrons. The summed E-state index contributed by atoms with van der Waals surface area (Å²) in [6.07, 6.45) is 1.71. The van der Waals surface area contributed by atoms with E-state index < -0.39 is 0 Å². The number of pyridine rings is 1. The van der Waals surface area contributed by atoms with Gasteiger partial charge < -0.3 is 10.5 Å². The van der Waals surface area contributed by atoms with Gasteiger partial charge >= 0.3 is 0 Å². The highest BCUT2D eigenvalue weighted by Gasteiger charge is 2.03. The van der Waals surface area contributed by atoms with Crippen LogP contribution in [0, 0.1) is 3.57 Å². The highest BCUT2D eigenvalue weighted by atomic mass is 127. The molecule has 2 N–H and O–H groups in total. The lowest BCUT2D eigenvalue weighted by molar-refractivity contribution is 0.461. The molecule has 4 heteroatoms. The molecule has 0 aliphatic rings. The number of nitrogens with two attached hydrogens (primary N) is 1. The summed E-state index contributed by atoms with van der Waals surface area (Å²) in [6.45, 7) is 1.93. The molecule has 0 saturated carbocycles. The van der Waals surface area contributed by atoms with E-state index in [0.717, 1.165) is 11.3 Å². The van der Waals surface area contributed by atoms with Crippen LogP contribution in [0.3, 0.4) is 0 Å². The Morgan fingerprint density at radius 3 is 2.59 bits per heavy atom. The third kappa shape index (κ3) is 3.41. The molecule has 1 aromatic carbocycles. The van der Waals surface area contributed by atoms with Crippen molar-refractivity contribution in [2.75, 3.05) is 0 Å². The minimum atomic E-state index is -0.0166. The van der Waals surface area contributed by atoms with Gasteiger partial charge in [0.1, 0.15) is 5.75 Å². The lowest BCUT2D eigenvalue weighted by atomic mass is 10.1. The van der Waals surface area contributed by atoms with Gasteiger partial charge in [0.2, 0.25) is 5.88 Å². The van der Waals surface area contributed by atoms with Gasteiger partial charge in [-0.3, -0.25) is 0 Å². The van der Waals surface area contributed by atoms with Gasteiger partial charge in [0.15, 0.2) is 0 Å². The zero-order valence-corrected chi connectivity index (χ0v) is 11.6. The van der Waals surface area contributed by atoms with Crippen LogP contribution >= 0.6 is 22.6 Å². The summed E-state index contributed by atoms with van der Waals surface area (Å²) in [6, 6.07) is 11.6. The van der Waals surface area contributed by atoms with Crippen molar-refractivity contribution in [2.45, 2.75) is 13.0 Å². The van der Waals surface area contributed by atoms with Crippen LogP contribution in [-0.4, -0.2) is 4.98 Å². The third-order valence-electron chi connectivity index (χ3n) is 2.32. The van der Waals surface area contributed by atoms with Crippen molar-refractivity contribution in [1.82, 2.24) is 4.98 Å². The van der Waals surface area contributed by atoms with Gasteiger partial charge in [-0.05, 0) is 65.4 Å². The second-order valence-electron chi connectivity index (χ2n) is 3.77. The summed E-state index contributed by atoms with van der Waals surface area (Å²) in [5.74, 6) is 1.35. The van der Waals surface area contributed by atoms with E-state index in [4.69, 9.17) is 10.5 Å². The fourth-order valence-electron chi connectivity index (χ4n) is 1.39. The molecule has 0 aliphatic carbocycles. The Bertz CT molecular complexity index is 497. The second-order valence-corrected chi connectivity index (χ2v) is 5.02. The van der Waals surface area contributed by atoms with Gasteiger partial charge in [0, 0.05) is 21.9 Å². The van der Waals surface area contributed by atoms with Crippen molar-refractivity contribution < 1.29 is 4.74 Å². The Labute approximate surface area is 114 Å². The summed E-state index contributed by atoms with van der Waals surface area (Å²) >= 11 is 2.25. The van der Waals surface area contributed by atoms with Crippen LogP contribution < -0.4 is 10.5 Å². The molecule has 0 aliphatic heterocycles. The first kappa shape index (κ1) is 12.3.